The fourth-order valence-electron chi connectivity index (χ4n) is 1.83. The van der Waals surface area contributed by atoms with Crippen molar-refractivity contribution in [1.29, 1.82) is 0 Å². The first-order chi connectivity index (χ1) is 10.7. The maximum Gasteiger partial charge on any atom is 0.323 e. The molecule has 0 aliphatic heterocycles. The molecule has 0 aliphatic rings. The summed E-state index contributed by atoms with van der Waals surface area (Å²) in [5.41, 5.74) is 1.63. The minimum absolute atomic E-state index is 0.321. The normalized spacial score (nSPS) is 10.5. The lowest BCUT2D eigenvalue weighted by atomic mass is 10.2. The Labute approximate surface area is 138 Å². The number of para-hydroxylation sites is 2. The number of rotatable bonds is 5. The van der Waals surface area contributed by atoms with Gasteiger partial charge in [-0.3, -0.25) is 0 Å². The molecular weight excluding hydrogens is 344 g/mol. The van der Waals surface area contributed by atoms with Crippen LogP contribution in [0.2, 0.25) is 0 Å². The van der Waals surface area contributed by atoms with E-state index in [2.05, 4.69) is 26.6 Å². The Bertz CT molecular complexity index is 671. The number of hydrogen-bond donors (Lipinski definition) is 2. The van der Waals surface area contributed by atoms with Crippen molar-refractivity contribution in [2.24, 2.45) is 0 Å². The Morgan fingerprint density at radius 3 is 2.82 bits per heavy atom. The Balaban J connectivity index is 1.93. The third-order valence-corrected chi connectivity index (χ3v) is 3.27. The van der Waals surface area contributed by atoms with Gasteiger partial charge in [0, 0.05) is 10.7 Å². The molecule has 0 fully saturated rings. The molecule has 2 aromatic carbocycles. The van der Waals surface area contributed by atoms with Gasteiger partial charge in [-0.05, 0) is 42.8 Å². The smallest absolute Gasteiger partial charge is 0.323 e. The Hall–Kier alpha value is -2.27. The molecule has 2 rings (SSSR count). The van der Waals surface area contributed by atoms with E-state index in [0.717, 1.165) is 10.0 Å². The van der Waals surface area contributed by atoms with Crippen LogP contribution in [0.1, 0.15) is 12.5 Å². The number of carbonyl (C=O) groups excluding carboxylic acids is 1. The predicted molar refractivity (Wildman–Crippen MR) is 92.9 cm³/mol. The second-order valence-electron chi connectivity index (χ2n) is 4.42. The SMILES string of the molecule is CCOc1ccccc1NC(=O)N/C=C/c1cccc(Br)c1. The van der Waals surface area contributed by atoms with Gasteiger partial charge in [0.05, 0.1) is 12.3 Å². The largest absolute Gasteiger partial charge is 0.492 e. The van der Waals surface area contributed by atoms with Crippen molar-refractivity contribution in [3.05, 3.63) is 64.8 Å². The summed E-state index contributed by atoms with van der Waals surface area (Å²) in [7, 11) is 0. The molecule has 114 valence electrons. The lowest BCUT2D eigenvalue weighted by molar-refractivity contribution is 0.255. The van der Waals surface area contributed by atoms with Crippen LogP contribution in [0.5, 0.6) is 5.75 Å². The number of nitrogens with one attached hydrogen (secondary N) is 2. The molecular formula is C17H17BrN2O2. The first kappa shape index (κ1) is 16.1. The van der Waals surface area contributed by atoms with E-state index in [0.29, 0.717) is 18.0 Å². The van der Waals surface area contributed by atoms with E-state index in [1.807, 2.05) is 55.5 Å². The highest BCUT2D eigenvalue weighted by Crippen LogP contribution is 2.23. The maximum atomic E-state index is 11.9. The van der Waals surface area contributed by atoms with Crippen LogP contribution in [0, 0.1) is 0 Å². The number of carbonyl (C=O) groups is 1. The molecule has 2 N–H and O–H groups in total. The average molecular weight is 361 g/mol. The number of anilines is 1. The van der Waals surface area contributed by atoms with E-state index in [1.165, 1.54) is 0 Å². The van der Waals surface area contributed by atoms with Crippen molar-refractivity contribution in [2.75, 3.05) is 11.9 Å². The van der Waals surface area contributed by atoms with Gasteiger partial charge in [-0.15, -0.1) is 0 Å². The second-order valence-corrected chi connectivity index (χ2v) is 5.33. The lowest BCUT2D eigenvalue weighted by Crippen LogP contribution is -2.24. The number of halogens is 1. The Kier molecular flexibility index (Phi) is 6.03. The van der Waals surface area contributed by atoms with E-state index in [4.69, 9.17) is 4.74 Å². The highest BCUT2D eigenvalue weighted by atomic mass is 79.9. The molecule has 0 saturated carbocycles. The van der Waals surface area contributed by atoms with E-state index in [-0.39, 0.29) is 6.03 Å². The summed E-state index contributed by atoms with van der Waals surface area (Å²) < 4.78 is 6.45. The number of ether oxygens (including phenoxy) is 1. The zero-order valence-corrected chi connectivity index (χ0v) is 13.8. The molecule has 0 heterocycles. The van der Waals surface area contributed by atoms with E-state index in [9.17, 15) is 4.79 Å². The van der Waals surface area contributed by atoms with Crippen molar-refractivity contribution in [2.45, 2.75) is 6.92 Å². The zero-order chi connectivity index (χ0) is 15.8. The molecule has 0 aliphatic carbocycles. The third kappa shape index (κ3) is 4.93. The van der Waals surface area contributed by atoms with Crippen LogP contribution in [-0.2, 0) is 0 Å². The summed E-state index contributed by atoms with van der Waals surface area (Å²) in [6.45, 7) is 2.45. The second kappa shape index (κ2) is 8.24. The van der Waals surface area contributed by atoms with Crippen LogP contribution >= 0.6 is 15.9 Å². The van der Waals surface area contributed by atoms with Gasteiger partial charge in [0.15, 0.2) is 0 Å². The molecule has 0 unspecified atom stereocenters. The van der Waals surface area contributed by atoms with Crippen LogP contribution in [0.25, 0.3) is 6.08 Å². The van der Waals surface area contributed by atoms with Crippen molar-refractivity contribution < 1.29 is 9.53 Å². The van der Waals surface area contributed by atoms with Gasteiger partial charge in [-0.2, -0.15) is 0 Å². The summed E-state index contributed by atoms with van der Waals surface area (Å²) in [6, 6.07) is 14.8. The number of amides is 2. The fourth-order valence-corrected chi connectivity index (χ4v) is 2.25. The molecule has 22 heavy (non-hydrogen) atoms. The minimum Gasteiger partial charge on any atom is -0.492 e. The molecule has 2 amide bonds. The van der Waals surface area contributed by atoms with Gasteiger partial charge < -0.3 is 15.4 Å². The predicted octanol–water partition coefficient (Wildman–Crippen LogP) is 4.64. The van der Waals surface area contributed by atoms with Crippen molar-refractivity contribution in [1.82, 2.24) is 5.32 Å². The summed E-state index contributed by atoms with van der Waals surface area (Å²) in [6.07, 6.45) is 3.42. The van der Waals surface area contributed by atoms with Gasteiger partial charge in [-0.1, -0.05) is 40.2 Å². The highest BCUT2D eigenvalue weighted by Gasteiger charge is 2.05. The Morgan fingerprint density at radius 2 is 2.05 bits per heavy atom. The monoisotopic (exact) mass is 360 g/mol. The van der Waals surface area contributed by atoms with Crippen LogP contribution in [0.15, 0.2) is 59.2 Å². The van der Waals surface area contributed by atoms with Crippen LogP contribution < -0.4 is 15.4 Å². The molecule has 4 nitrogen and oxygen atoms in total. The highest BCUT2D eigenvalue weighted by molar-refractivity contribution is 9.10. The van der Waals surface area contributed by atoms with Gasteiger partial charge in [-0.25, -0.2) is 4.79 Å². The van der Waals surface area contributed by atoms with Crippen LogP contribution in [-0.4, -0.2) is 12.6 Å². The van der Waals surface area contributed by atoms with E-state index >= 15 is 0 Å². The number of urea groups is 1. The zero-order valence-electron chi connectivity index (χ0n) is 12.2. The molecule has 0 aromatic heterocycles. The van der Waals surface area contributed by atoms with E-state index in [1.54, 1.807) is 12.3 Å². The summed E-state index contributed by atoms with van der Waals surface area (Å²) in [5, 5.41) is 5.42. The topological polar surface area (TPSA) is 50.4 Å². The van der Waals surface area contributed by atoms with Crippen molar-refractivity contribution in [3.8, 4) is 5.75 Å². The fraction of sp³-hybridized carbons (Fsp3) is 0.118. The minimum atomic E-state index is -0.321. The molecule has 0 radical (unpaired) electrons. The van der Waals surface area contributed by atoms with Crippen molar-refractivity contribution >= 4 is 33.7 Å². The molecule has 2 aromatic rings. The molecule has 0 atom stereocenters. The molecule has 0 saturated heterocycles. The first-order valence-corrected chi connectivity index (χ1v) is 7.70. The van der Waals surface area contributed by atoms with Gasteiger partial charge in [0.25, 0.3) is 0 Å². The molecule has 5 heteroatoms. The summed E-state index contributed by atoms with van der Waals surface area (Å²) in [5.74, 6) is 0.649. The average Bonchev–Trinajstić information content (AvgIpc) is 2.49. The summed E-state index contributed by atoms with van der Waals surface area (Å²) in [4.78, 5) is 11.9. The molecule has 0 spiro atoms. The van der Waals surface area contributed by atoms with Gasteiger partial charge in [0.2, 0.25) is 0 Å². The maximum absolute atomic E-state index is 11.9. The quantitative estimate of drug-likeness (QED) is 0.815. The van der Waals surface area contributed by atoms with Crippen LogP contribution in [0.4, 0.5) is 10.5 Å². The third-order valence-electron chi connectivity index (χ3n) is 2.77. The standard InChI is InChI=1S/C17H17BrN2O2/c1-2-22-16-9-4-3-8-15(16)20-17(21)19-11-10-13-6-5-7-14(18)12-13/h3-12H,2H2,1H3,(H2,19,20,21)/b11-10+. The first-order valence-electron chi connectivity index (χ1n) is 6.90. The van der Waals surface area contributed by atoms with E-state index < -0.39 is 0 Å². The molecule has 0 bridgehead atoms. The number of hydrogen-bond acceptors (Lipinski definition) is 2. The Morgan fingerprint density at radius 1 is 1.23 bits per heavy atom. The van der Waals surface area contributed by atoms with Gasteiger partial charge in [0.1, 0.15) is 5.75 Å². The van der Waals surface area contributed by atoms with Crippen molar-refractivity contribution in [3.63, 3.8) is 0 Å². The number of benzene rings is 2. The summed E-state index contributed by atoms with van der Waals surface area (Å²) >= 11 is 3.40. The van der Waals surface area contributed by atoms with Crippen LogP contribution in [0.3, 0.4) is 0 Å². The van der Waals surface area contributed by atoms with Gasteiger partial charge >= 0.3 is 6.03 Å². The lowest BCUT2D eigenvalue weighted by Gasteiger charge is -2.10.